The predicted octanol–water partition coefficient (Wildman–Crippen LogP) is 8.30. The van der Waals surface area contributed by atoms with Gasteiger partial charge in [-0.05, 0) is 68.2 Å². The summed E-state index contributed by atoms with van der Waals surface area (Å²) in [7, 11) is 0. The van der Waals surface area contributed by atoms with Gasteiger partial charge in [0.25, 0.3) is 0 Å². The molecule has 1 aliphatic rings. The van der Waals surface area contributed by atoms with E-state index in [1.807, 2.05) is 6.92 Å². The second-order valence-corrected chi connectivity index (χ2v) is 10.3. The molecule has 0 bridgehead atoms. The number of fused-ring (bicyclic) bond motifs is 1. The minimum absolute atomic E-state index is 0.237. The molecule has 1 aromatic rings. The number of rotatable bonds is 12. The van der Waals surface area contributed by atoms with E-state index in [1.54, 1.807) is 12.1 Å². The van der Waals surface area contributed by atoms with Crippen LogP contribution in [0.2, 0.25) is 0 Å². The zero-order valence-electron chi connectivity index (χ0n) is 19.8. The Morgan fingerprint density at radius 3 is 2.10 bits per heavy atom. The standard InChI is InChI=1S/C27H44O2/c1-20(2)10-7-11-21(3)12-8-13-22(4)14-9-16-27(6)17-15-24-19-25(28)18-23(5)26(24)29-27/h15,17-22,28H,7-14,16H2,1-6H3/t21-,22-,27+/m1/s1. The van der Waals surface area contributed by atoms with Crippen LogP contribution in [-0.2, 0) is 0 Å². The summed E-state index contributed by atoms with van der Waals surface area (Å²) in [6.45, 7) is 13.7. The van der Waals surface area contributed by atoms with Gasteiger partial charge in [0.05, 0.1) is 0 Å². The largest absolute Gasteiger partial charge is 0.508 e. The van der Waals surface area contributed by atoms with Crippen molar-refractivity contribution < 1.29 is 9.84 Å². The van der Waals surface area contributed by atoms with Crippen molar-refractivity contribution in [2.45, 2.75) is 105 Å². The second-order valence-electron chi connectivity index (χ2n) is 10.3. The van der Waals surface area contributed by atoms with Crippen LogP contribution in [0.3, 0.4) is 0 Å². The fraction of sp³-hybridized carbons (Fsp3) is 0.704. The number of aryl methyl sites for hydroxylation is 1. The summed E-state index contributed by atoms with van der Waals surface area (Å²) < 4.78 is 6.36. The number of aromatic hydroxyl groups is 1. The lowest BCUT2D eigenvalue weighted by Crippen LogP contribution is -2.32. The highest BCUT2D eigenvalue weighted by atomic mass is 16.5. The Labute approximate surface area is 179 Å². The van der Waals surface area contributed by atoms with E-state index in [9.17, 15) is 5.11 Å². The van der Waals surface area contributed by atoms with Gasteiger partial charge in [-0.25, -0.2) is 0 Å². The van der Waals surface area contributed by atoms with E-state index in [-0.39, 0.29) is 5.60 Å². The summed E-state index contributed by atoms with van der Waals surface area (Å²) in [4.78, 5) is 0. The van der Waals surface area contributed by atoms with Crippen LogP contribution >= 0.6 is 0 Å². The van der Waals surface area contributed by atoms with Crippen molar-refractivity contribution in [3.05, 3.63) is 29.3 Å². The van der Waals surface area contributed by atoms with E-state index < -0.39 is 0 Å². The van der Waals surface area contributed by atoms with Gasteiger partial charge in [-0.1, -0.05) is 78.7 Å². The van der Waals surface area contributed by atoms with Crippen molar-refractivity contribution >= 4 is 6.08 Å². The van der Waals surface area contributed by atoms with Crippen LogP contribution in [0.1, 0.15) is 104 Å². The van der Waals surface area contributed by atoms with Gasteiger partial charge in [0.2, 0.25) is 0 Å². The third-order valence-corrected chi connectivity index (χ3v) is 6.48. The molecule has 1 aromatic carbocycles. The van der Waals surface area contributed by atoms with Gasteiger partial charge in [-0.2, -0.15) is 0 Å². The first-order valence-corrected chi connectivity index (χ1v) is 11.9. The van der Waals surface area contributed by atoms with Crippen LogP contribution in [0.25, 0.3) is 6.08 Å². The molecule has 2 heteroatoms. The van der Waals surface area contributed by atoms with Crippen LogP contribution in [0.5, 0.6) is 11.5 Å². The molecular weight excluding hydrogens is 356 g/mol. The van der Waals surface area contributed by atoms with Crippen molar-refractivity contribution in [3.8, 4) is 11.5 Å². The SMILES string of the molecule is Cc1cc(O)cc2c1O[C@@](C)(CCC[C@H](C)CCC[C@H](C)CCCC(C)C)C=C2. The van der Waals surface area contributed by atoms with Crippen molar-refractivity contribution in [2.24, 2.45) is 17.8 Å². The monoisotopic (exact) mass is 400 g/mol. The molecule has 3 atom stereocenters. The van der Waals surface area contributed by atoms with Crippen LogP contribution in [0.4, 0.5) is 0 Å². The third kappa shape index (κ3) is 8.07. The summed E-state index contributed by atoms with van der Waals surface area (Å²) in [5.74, 6) is 3.74. The molecule has 0 saturated carbocycles. The highest BCUT2D eigenvalue weighted by Crippen LogP contribution is 2.38. The van der Waals surface area contributed by atoms with Gasteiger partial charge in [0.15, 0.2) is 0 Å². The average molecular weight is 401 g/mol. The van der Waals surface area contributed by atoms with E-state index in [2.05, 4.69) is 46.8 Å². The molecule has 1 heterocycles. The van der Waals surface area contributed by atoms with Crippen molar-refractivity contribution in [2.75, 3.05) is 0 Å². The Morgan fingerprint density at radius 2 is 1.48 bits per heavy atom. The summed E-state index contributed by atoms with van der Waals surface area (Å²) in [6, 6.07) is 3.56. The molecule has 2 nitrogen and oxygen atoms in total. The van der Waals surface area contributed by atoms with Crippen LogP contribution in [-0.4, -0.2) is 10.7 Å². The topological polar surface area (TPSA) is 29.5 Å². The Morgan fingerprint density at radius 1 is 0.897 bits per heavy atom. The molecule has 2 rings (SSSR count). The molecule has 0 spiro atoms. The van der Waals surface area contributed by atoms with Gasteiger partial charge >= 0.3 is 0 Å². The molecule has 0 fully saturated rings. The van der Waals surface area contributed by atoms with Gasteiger partial charge in [-0.15, -0.1) is 0 Å². The van der Waals surface area contributed by atoms with Crippen LogP contribution in [0.15, 0.2) is 18.2 Å². The van der Waals surface area contributed by atoms with E-state index in [4.69, 9.17) is 4.74 Å². The molecular formula is C27H44O2. The molecule has 0 radical (unpaired) electrons. The Hall–Kier alpha value is -1.44. The lowest BCUT2D eigenvalue weighted by molar-refractivity contribution is 0.121. The fourth-order valence-electron chi connectivity index (χ4n) is 4.49. The van der Waals surface area contributed by atoms with E-state index in [0.29, 0.717) is 5.75 Å². The summed E-state index contributed by atoms with van der Waals surface area (Å²) in [5.41, 5.74) is 1.75. The Kier molecular flexibility index (Phi) is 9.11. The zero-order chi connectivity index (χ0) is 21.4. The van der Waals surface area contributed by atoms with Gasteiger partial charge in [0, 0.05) is 5.56 Å². The maximum absolute atomic E-state index is 9.78. The fourth-order valence-corrected chi connectivity index (χ4v) is 4.49. The molecule has 164 valence electrons. The minimum Gasteiger partial charge on any atom is -0.508 e. The maximum atomic E-state index is 9.78. The van der Waals surface area contributed by atoms with Crippen LogP contribution < -0.4 is 4.74 Å². The van der Waals surface area contributed by atoms with Crippen molar-refractivity contribution in [1.82, 2.24) is 0 Å². The van der Waals surface area contributed by atoms with Gasteiger partial charge in [0.1, 0.15) is 17.1 Å². The molecule has 0 aromatic heterocycles. The molecule has 0 saturated heterocycles. The van der Waals surface area contributed by atoms with Crippen LogP contribution in [0, 0.1) is 24.7 Å². The number of hydrogen-bond acceptors (Lipinski definition) is 2. The van der Waals surface area contributed by atoms with Crippen molar-refractivity contribution in [3.63, 3.8) is 0 Å². The first-order chi connectivity index (χ1) is 13.7. The quantitative estimate of drug-likeness (QED) is 0.382. The Balaban J connectivity index is 1.66. The second kappa shape index (κ2) is 11.1. The van der Waals surface area contributed by atoms with Gasteiger partial charge in [-0.3, -0.25) is 0 Å². The highest BCUT2D eigenvalue weighted by molar-refractivity contribution is 5.65. The first kappa shape index (κ1) is 23.8. The predicted molar refractivity (Wildman–Crippen MR) is 126 cm³/mol. The molecule has 1 aliphatic heterocycles. The van der Waals surface area contributed by atoms with E-state index in [1.165, 1.54) is 51.4 Å². The smallest absolute Gasteiger partial charge is 0.131 e. The van der Waals surface area contributed by atoms with E-state index >= 15 is 0 Å². The molecule has 0 aliphatic carbocycles. The third-order valence-electron chi connectivity index (χ3n) is 6.48. The minimum atomic E-state index is -0.237. The highest BCUT2D eigenvalue weighted by Gasteiger charge is 2.28. The number of ether oxygens (including phenoxy) is 1. The number of phenols is 1. The lowest BCUT2D eigenvalue weighted by atomic mass is 9.89. The Bertz CT molecular complexity index is 661. The number of phenolic OH excluding ortho intramolecular Hbond substituents is 1. The molecule has 1 N–H and O–H groups in total. The zero-order valence-corrected chi connectivity index (χ0v) is 19.8. The molecule has 29 heavy (non-hydrogen) atoms. The number of benzene rings is 1. The molecule has 0 unspecified atom stereocenters. The van der Waals surface area contributed by atoms with E-state index in [0.717, 1.165) is 41.1 Å². The normalized spacial score (nSPS) is 20.4. The number of hydrogen-bond donors (Lipinski definition) is 1. The summed E-state index contributed by atoms with van der Waals surface area (Å²) in [5, 5.41) is 9.78. The van der Waals surface area contributed by atoms with Crippen molar-refractivity contribution in [1.29, 1.82) is 0 Å². The first-order valence-electron chi connectivity index (χ1n) is 11.9. The summed E-state index contributed by atoms with van der Waals surface area (Å²) >= 11 is 0. The molecule has 0 amide bonds. The maximum Gasteiger partial charge on any atom is 0.131 e. The summed E-state index contributed by atoms with van der Waals surface area (Å²) in [6.07, 6.45) is 16.0. The lowest BCUT2D eigenvalue weighted by Gasteiger charge is -2.33. The van der Waals surface area contributed by atoms with Gasteiger partial charge < -0.3 is 9.84 Å². The average Bonchev–Trinajstić information content (AvgIpc) is 2.62.